The van der Waals surface area contributed by atoms with Crippen molar-refractivity contribution in [2.24, 2.45) is 5.73 Å². The summed E-state index contributed by atoms with van der Waals surface area (Å²) >= 11 is 1.36. The lowest BCUT2D eigenvalue weighted by Gasteiger charge is -2.29. The van der Waals surface area contributed by atoms with Gasteiger partial charge in [-0.1, -0.05) is 0 Å². The van der Waals surface area contributed by atoms with Gasteiger partial charge in [0.05, 0.1) is 4.92 Å². The van der Waals surface area contributed by atoms with Gasteiger partial charge in [0.15, 0.2) is 0 Å². The smallest absolute Gasteiger partial charge is 0.273 e. The molecular formula is C15H16N4O3S. The summed E-state index contributed by atoms with van der Waals surface area (Å²) < 4.78 is 0. The lowest BCUT2D eigenvalue weighted by atomic mass is 10.1. The molecule has 120 valence electrons. The van der Waals surface area contributed by atoms with E-state index in [0.717, 1.165) is 18.4 Å². The van der Waals surface area contributed by atoms with Crippen LogP contribution in [0, 0.1) is 10.1 Å². The number of hydrogen-bond acceptors (Lipinski definition) is 6. The van der Waals surface area contributed by atoms with Gasteiger partial charge in [-0.3, -0.25) is 14.9 Å². The maximum atomic E-state index is 12.4. The number of aromatic nitrogens is 1. The molecule has 0 aliphatic carbocycles. The Balaban J connectivity index is 1.74. The van der Waals surface area contributed by atoms with Gasteiger partial charge in [-0.05, 0) is 25.0 Å². The molecule has 0 spiro atoms. The summed E-state index contributed by atoms with van der Waals surface area (Å²) in [6.45, 7) is 1.31. The normalized spacial score (nSPS) is 15.6. The molecule has 1 aromatic carbocycles. The minimum Gasteiger partial charge on any atom is -0.337 e. The fraction of sp³-hybridized carbons (Fsp3) is 0.333. The van der Waals surface area contributed by atoms with Crippen molar-refractivity contribution >= 4 is 22.9 Å². The number of nitrogens with two attached hydrogens (primary N) is 1. The van der Waals surface area contributed by atoms with Crippen LogP contribution >= 0.6 is 11.3 Å². The third-order valence-corrected chi connectivity index (χ3v) is 4.77. The number of amides is 1. The SMILES string of the molecule is NC1CCN(C(=O)c2csc(-c3ccc([N+](=O)[O-])cc3)n2)CC1. The van der Waals surface area contributed by atoms with Crippen LogP contribution in [-0.4, -0.2) is 39.8 Å². The molecule has 0 atom stereocenters. The molecule has 0 saturated carbocycles. The zero-order valence-corrected chi connectivity index (χ0v) is 13.2. The molecule has 8 heteroatoms. The molecule has 2 N–H and O–H groups in total. The molecule has 1 aromatic heterocycles. The van der Waals surface area contributed by atoms with Crippen molar-refractivity contribution in [3.63, 3.8) is 0 Å². The minimum atomic E-state index is -0.443. The van der Waals surface area contributed by atoms with Crippen LogP contribution in [0.15, 0.2) is 29.6 Å². The Morgan fingerprint density at radius 2 is 1.96 bits per heavy atom. The van der Waals surface area contributed by atoms with Gasteiger partial charge in [0.25, 0.3) is 11.6 Å². The molecule has 1 aliphatic rings. The summed E-state index contributed by atoms with van der Waals surface area (Å²) in [6.07, 6.45) is 1.62. The number of nitro groups is 1. The maximum Gasteiger partial charge on any atom is 0.273 e. The summed E-state index contributed by atoms with van der Waals surface area (Å²) in [6, 6.07) is 6.33. The fourth-order valence-electron chi connectivity index (χ4n) is 2.49. The minimum absolute atomic E-state index is 0.0336. The Morgan fingerprint density at radius 3 is 2.57 bits per heavy atom. The van der Waals surface area contributed by atoms with Gasteiger partial charge in [-0.15, -0.1) is 11.3 Å². The number of benzene rings is 1. The standard InChI is InChI=1S/C15H16N4O3S/c16-11-5-7-18(8-6-11)15(20)13-9-23-14(17-13)10-1-3-12(4-2-10)19(21)22/h1-4,9,11H,5-8,16H2. The largest absolute Gasteiger partial charge is 0.337 e. The van der Waals surface area contributed by atoms with E-state index in [2.05, 4.69) is 4.98 Å². The van der Waals surface area contributed by atoms with Crippen molar-refractivity contribution in [2.45, 2.75) is 18.9 Å². The van der Waals surface area contributed by atoms with Crippen LogP contribution in [0.2, 0.25) is 0 Å². The molecule has 23 heavy (non-hydrogen) atoms. The third kappa shape index (κ3) is 3.38. The Morgan fingerprint density at radius 1 is 1.30 bits per heavy atom. The monoisotopic (exact) mass is 332 g/mol. The van der Waals surface area contributed by atoms with E-state index in [0.29, 0.717) is 23.8 Å². The first kappa shape index (κ1) is 15.6. The quantitative estimate of drug-likeness (QED) is 0.686. The highest BCUT2D eigenvalue weighted by Crippen LogP contribution is 2.26. The molecule has 0 bridgehead atoms. The number of nitro benzene ring substituents is 1. The van der Waals surface area contributed by atoms with Gasteiger partial charge < -0.3 is 10.6 Å². The molecule has 1 amide bonds. The van der Waals surface area contributed by atoms with E-state index < -0.39 is 4.92 Å². The first-order chi connectivity index (χ1) is 11.0. The lowest BCUT2D eigenvalue weighted by Crippen LogP contribution is -2.42. The second-order valence-electron chi connectivity index (χ2n) is 5.47. The van der Waals surface area contributed by atoms with Gasteiger partial charge in [0.1, 0.15) is 10.7 Å². The summed E-state index contributed by atoms with van der Waals surface area (Å²) in [4.78, 5) is 28.8. The highest BCUT2D eigenvalue weighted by atomic mass is 32.1. The van der Waals surface area contributed by atoms with Gasteiger partial charge >= 0.3 is 0 Å². The Hall–Kier alpha value is -2.32. The summed E-state index contributed by atoms with van der Waals surface area (Å²) in [5, 5.41) is 13.1. The number of rotatable bonds is 3. The van der Waals surface area contributed by atoms with Crippen LogP contribution in [0.4, 0.5) is 5.69 Å². The number of piperidine rings is 1. The topological polar surface area (TPSA) is 102 Å². The number of non-ortho nitro benzene ring substituents is 1. The number of carbonyl (C=O) groups is 1. The molecule has 0 unspecified atom stereocenters. The third-order valence-electron chi connectivity index (χ3n) is 3.88. The van der Waals surface area contributed by atoms with Crippen LogP contribution in [0.3, 0.4) is 0 Å². The van der Waals surface area contributed by atoms with E-state index >= 15 is 0 Å². The zero-order chi connectivity index (χ0) is 16.4. The van der Waals surface area contributed by atoms with Crippen molar-refractivity contribution in [3.05, 3.63) is 45.5 Å². The second kappa shape index (κ2) is 6.43. The molecule has 3 rings (SSSR count). The van der Waals surface area contributed by atoms with Crippen LogP contribution in [0.25, 0.3) is 10.6 Å². The van der Waals surface area contributed by atoms with Gasteiger partial charge in [0.2, 0.25) is 0 Å². The second-order valence-corrected chi connectivity index (χ2v) is 6.33. The van der Waals surface area contributed by atoms with Crippen molar-refractivity contribution in [1.82, 2.24) is 9.88 Å². The summed E-state index contributed by atoms with van der Waals surface area (Å²) in [5.41, 5.74) is 7.06. The predicted octanol–water partition coefficient (Wildman–Crippen LogP) is 2.28. The number of thiazole rings is 1. The van der Waals surface area contributed by atoms with E-state index in [-0.39, 0.29) is 17.6 Å². The number of carbonyl (C=O) groups excluding carboxylic acids is 1. The van der Waals surface area contributed by atoms with Crippen molar-refractivity contribution in [2.75, 3.05) is 13.1 Å². The van der Waals surface area contributed by atoms with Crippen LogP contribution < -0.4 is 5.73 Å². The van der Waals surface area contributed by atoms with Gasteiger partial charge in [-0.25, -0.2) is 4.98 Å². The van der Waals surface area contributed by atoms with E-state index in [1.807, 2.05) is 0 Å². The van der Waals surface area contributed by atoms with Gasteiger partial charge in [0, 0.05) is 42.2 Å². The predicted molar refractivity (Wildman–Crippen MR) is 87.3 cm³/mol. The average Bonchev–Trinajstić information content (AvgIpc) is 3.05. The Kier molecular flexibility index (Phi) is 4.35. The lowest BCUT2D eigenvalue weighted by molar-refractivity contribution is -0.384. The van der Waals surface area contributed by atoms with Crippen LogP contribution in [0.1, 0.15) is 23.3 Å². The first-order valence-electron chi connectivity index (χ1n) is 7.30. The molecule has 2 heterocycles. The molecule has 1 saturated heterocycles. The maximum absolute atomic E-state index is 12.4. The summed E-state index contributed by atoms with van der Waals surface area (Å²) in [5.74, 6) is -0.0821. The van der Waals surface area contributed by atoms with Crippen LogP contribution in [-0.2, 0) is 0 Å². The Labute approximate surface area is 136 Å². The molecular weight excluding hydrogens is 316 g/mol. The van der Waals surface area contributed by atoms with Crippen molar-refractivity contribution < 1.29 is 9.72 Å². The molecule has 1 fully saturated rings. The first-order valence-corrected chi connectivity index (χ1v) is 8.18. The van der Waals surface area contributed by atoms with E-state index in [4.69, 9.17) is 5.73 Å². The van der Waals surface area contributed by atoms with E-state index in [1.165, 1.54) is 23.5 Å². The number of nitrogens with zero attached hydrogens (tertiary/aromatic N) is 3. The molecule has 0 radical (unpaired) electrons. The van der Waals surface area contributed by atoms with Crippen molar-refractivity contribution in [1.29, 1.82) is 0 Å². The summed E-state index contributed by atoms with van der Waals surface area (Å²) in [7, 11) is 0. The zero-order valence-electron chi connectivity index (χ0n) is 12.3. The molecule has 1 aliphatic heterocycles. The Bertz CT molecular complexity index is 721. The number of hydrogen-bond donors (Lipinski definition) is 1. The number of likely N-dealkylation sites (tertiary alicyclic amines) is 1. The average molecular weight is 332 g/mol. The van der Waals surface area contributed by atoms with Crippen LogP contribution in [0.5, 0.6) is 0 Å². The van der Waals surface area contributed by atoms with Gasteiger partial charge in [-0.2, -0.15) is 0 Å². The van der Waals surface area contributed by atoms with E-state index in [1.54, 1.807) is 22.4 Å². The molecule has 7 nitrogen and oxygen atoms in total. The van der Waals surface area contributed by atoms with E-state index in [9.17, 15) is 14.9 Å². The molecule has 2 aromatic rings. The van der Waals surface area contributed by atoms with Crippen molar-refractivity contribution in [3.8, 4) is 10.6 Å². The highest BCUT2D eigenvalue weighted by Gasteiger charge is 2.23. The fourth-order valence-corrected chi connectivity index (χ4v) is 3.29. The highest BCUT2D eigenvalue weighted by molar-refractivity contribution is 7.13.